The summed E-state index contributed by atoms with van der Waals surface area (Å²) in [6, 6.07) is 15.9. The number of aromatic hydroxyl groups is 2. The Balaban J connectivity index is 1.56. The van der Waals surface area contributed by atoms with E-state index in [1.165, 1.54) is 18.3 Å². The van der Waals surface area contributed by atoms with Gasteiger partial charge in [-0.1, -0.05) is 29.3 Å². The normalized spacial score (nSPS) is 10.8. The molecule has 0 saturated heterocycles. The monoisotopic (exact) mass is 430 g/mol. The standard InChI is InChI=1S/C21H16Cl2N2O4/c22-15-4-3-14(19(23)9-15)12-29-17-6-1-13(2-7-17)11-24-25-21(28)18-10-16(26)5-8-20(18)27/h1-11,26-27H,12H2,(H,25,28)/b24-11-. The first-order chi connectivity index (χ1) is 13.9. The summed E-state index contributed by atoms with van der Waals surface area (Å²) in [7, 11) is 0. The Kier molecular flexibility index (Phi) is 6.59. The molecule has 0 aromatic heterocycles. The Morgan fingerprint density at radius 3 is 2.52 bits per heavy atom. The van der Waals surface area contributed by atoms with Crippen LogP contribution in [0.3, 0.4) is 0 Å². The van der Waals surface area contributed by atoms with Crippen molar-refractivity contribution in [3.63, 3.8) is 0 Å². The van der Waals surface area contributed by atoms with Gasteiger partial charge in [-0.25, -0.2) is 5.43 Å². The van der Waals surface area contributed by atoms with Crippen molar-refractivity contribution in [3.05, 3.63) is 87.4 Å². The van der Waals surface area contributed by atoms with Gasteiger partial charge in [0.25, 0.3) is 5.91 Å². The van der Waals surface area contributed by atoms with E-state index in [-0.39, 0.29) is 17.1 Å². The highest BCUT2D eigenvalue weighted by Crippen LogP contribution is 2.23. The van der Waals surface area contributed by atoms with E-state index in [0.717, 1.165) is 17.2 Å². The highest BCUT2D eigenvalue weighted by atomic mass is 35.5. The molecule has 0 aliphatic heterocycles. The molecule has 1 amide bonds. The maximum atomic E-state index is 12.0. The van der Waals surface area contributed by atoms with E-state index >= 15 is 0 Å². The van der Waals surface area contributed by atoms with Crippen molar-refractivity contribution in [1.82, 2.24) is 5.43 Å². The van der Waals surface area contributed by atoms with Gasteiger partial charge in [-0.3, -0.25) is 4.79 Å². The molecule has 29 heavy (non-hydrogen) atoms. The summed E-state index contributed by atoms with van der Waals surface area (Å²) in [5, 5.41) is 24.0. The lowest BCUT2D eigenvalue weighted by Crippen LogP contribution is -2.17. The number of benzene rings is 3. The average molecular weight is 431 g/mol. The molecule has 3 N–H and O–H groups in total. The van der Waals surface area contributed by atoms with Crippen LogP contribution in [-0.2, 0) is 6.61 Å². The number of nitrogens with one attached hydrogen (secondary N) is 1. The lowest BCUT2D eigenvalue weighted by Gasteiger charge is -2.08. The van der Waals surface area contributed by atoms with E-state index < -0.39 is 5.91 Å². The van der Waals surface area contributed by atoms with E-state index in [0.29, 0.717) is 22.4 Å². The summed E-state index contributed by atoms with van der Waals surface area (Å²) < 4.78 is 5.70. The molecule has 3 aromatic carbocycles. The van der Waals surface area contributed by atoms with Gasteiger partial charge in [-0.05, 0) is 60.2 Å². The number of hydrogen-bond acceptors (Lipinski definition) is 5. The van der Waals surface area contributed by atoms with Gasteiger partial charge in [0.2, 0.25) is 0 Å². The molecule has 8 heteroatoms. The fraction of sp³-hybridized carbons (Fsp3) is 0.0476. The maximum Gasteiger partial charge on any atom is 0.275 e. The molecule has 0 unspecified atom stereocenters. The predicted octanol–water partition coefficient (Wildman–Crippen LogP) is 4.75. The smallest absolute Gasteiger partial charge is 0.275 e. The van der Waals surface area contributed by atoms with Crippen molar-refractivity contribution in [2.45, 2.75) is 6.61 Å². The average Bonchev–Trinajstić information content (AvgIpc) is 2.70. The van der Waals surface area contributed by atoms with E-state index in [2.05, 4.69) is 10.5 Å². The van der Waals surface area contributed by atoms with E-state index in [1.54, 1.807) is 42.5 Å². The summed E-state index contributed by atoms with van der Waals surface area (Å²) in [6.45, 7) is 0.299. The molecule has 6 nitrogen and oxygen atoms in total. The molecule has 0 atom stereocenters. The second-order valence-corrected chi connectivity index (χ2v) is 6.84. The SMILES string of the molecule is O=C(N/N=C\c1ccc(OCc2ccc(Cl)cc2Cl)cc1)c1cc(O)ccc1O. The van der Waals surface area contributed by atoms with Crippen molar-refractivity contribution >= 4 is 35.3 Å². The van der Waals surface area contributed by atoms with Crippen molar-refractivity contribution in [2.75, 3.05) is 0 Å². The number of nitrogens with zero attached hydrogens (tertiary/aromatic N) is 1. The molecule has 0 aliphatic carbocycles. The number of ether oxygens (including phenoxy) is 1. The number of amides is 1. The summed E-state index contributed by atoms with van der Waals surface area (Å²) in [5.74, 6) is -0.387. The van der Waals surface area contributed by atoms with Gasteiger partial charge in [0.05, 0.1) is 11.8 Å². The first kappa shape index (κ1) is 20.5. The van der Waals surface area contributed by atoms with Gasteiger partial charge in [0.1, 0.15) is 23.9 Å². The predicted molar refractivity (Wildman–Crippen MR) is 112 cm³/mol. The molecule has 0 aliphatic rings. The molecule has 0 radical (unpaired) electrons. The first-order valence-corrected chi connectivity index (χ1v) is 9.20. The Labute approximate surface area is 177 Å². The third kappa shape index (κ3) is 5.63. The van der Waals surface area contributed by atoms with Crippen LogP contribution in [0.5, 0.6) is 17.2 Å². The summed E-state index contributed by atoms with van der Waals surface area (Å²) >= 11 is 12.0. The minimum absolute atomic E-state index is 0.0771. The highest BCUT2D eigenvalue weighted by molar-refractivity contribution is 6.35. The molecule has 0 fully saturated rings. The number of halogens is 2. The zero-order valence-corrected chi connectivity index (χ0v) is 16.5. The number of phenols is 2. The lowest BCUT2D eigenvalue weighted by atomic mass is 10.2. The molecule has 3 aromatic rings. The Morgan fingerprint density at radius 1 is 1.03 bits per heavy atom. The largest absolute Gasteiger partial charge is 0.508 e. The van der Waals surface area contributed by atoms with E-state index in [9.17, 15) is 15.0 Å². The fourth-order valence-electron chi connectivity index (χ4n) is 2.38. The maximum absolute atomic E-state index is 12.0. The third-order valence-electron chi connectivity index (χ3n) is 3.89. The van der Waals surface area contributed by atoms with Crippen LogP contribution in [0, 0.1) is 0 Å². The van der Waals surface area contributed by atoms with Crippen molar-refractivity contribution < 1.29 is 19.7 Å². The Morgan fingerprint density at radius 2 is 1.79 bits per heavy atom. The molecular weight excluding hydrogens is 415 g/mol. The zero-order valence-electron chi connectivity index (χ0n) is 15.0. The number of hydrogen-bond donors (Lipinski definition) is 3. The summed E-state index contributed by atoms with van der Waals surface area (Å²) in [5.41, 5.74) is 3.76. The van der Waals surface area contributed by atoms with Crippen molar-refractivity contribution in [1.29, 1.82) is 0 Å². The molecule has 0 saturated carbocycles. The minimum Gasteiger partial charge on any atom is -0.508 e. The number of carbonyl (C=O) groups excluding carboxylic acids is 1. The number of hydrazone groups is 1. The molecule has 148 valence electrons. The summed E-state index contributed by atoms with van der Waals surface area (Å²) in [6.07, 6.45) is 1.44. The fourth-order valence-corrected chi connectivity index (χ4v) is 2.84. The van der Waals surface area contributed by atoms with Crippen LogP contribution in [0.1, 0.15) is 21.5 Å². The molecular formula is C21H16Cl2N2O4. The number of carbonyl (C=O) groups is 1. The summed E-state index contributed by atoms with van der Waals surface area (Å²) in [4.78, 5) is 12.0. The minimum atomic E-state index is -0.644. The highest BCUT2D eigenvalue weighted by Gasteiger charge is 2.11. The van der Waals surface area contributed by atoms with Gasteiger partial charge in [0.15, 0.2) is 0 Å². The van der Waals surface area contributed by atoms with Crippen LogP contribution in [-0.4, -0.2) is 22.3 Å². The van der Waals surface area contributed by atoms with E-state index in [1.807, 2.05) is 0 Å². The molecule has 0 heterocycles. The van der Waals surface area contributed by atoms with Crippen LogP contribution in [0.15, 0.2) is 65.8 Å². The van der Waals surface area contributed by atoms with Gasteiger partial charge >= 0.3 is 0 Å². The van der Waals surface area contributed by atoms with Crippen molar-refractivity contribution in [2.24, 2.45) is 5.10 Å². The van der Waals surface area contributed by atoms with Crippen LogP contribution >= 0.6 is 23.2 Å². The second kappa shape index (κ2) is 9.32. The quantitative estimate of drug-likeness (QED) is 0.299. The second-order valence-electron chi connectivity index (χ2n) is 5.99. The molecule has 0 bridgehead atoms. The lowest BCUT2D eigenvalue weighted by molar-refractivity contribution is 0.0952. The number of rotatable bonds is 6. The first-order valence-electron chi connectivity index (χ1n) is 8.44. The van der Waals surface area contributed by atoms with Crippen molar-refractivity contribution in [3.8, 4) is 17.2 Å². The number of phenolic OH excluding ortho intramolecular Hbond substituents is 2. The molecule has 0 spiro atoms. The van der Waals surface area contributed by atoms with Gasteiger partial charge in [-0.15, -0.1) is 0 Å². The third-order valence-corrected chi connectivity index (χ3v) is 4.48. The van der Waals surface area contributed by atoms with Gasteiger partial charge in [-0.2, -0.15) is 5.10 Å². The topological polar surface area (TPSA) is 91.2 Å². The van der Waals surface area contributed by atoms with Crippen LogP contribution in [0.2, 0.25) is 10.0 Å². The Hall–Kier alpha value is -3.22. The Bertz CT molecular complexity index is 1050. The molecule has 3 rings (SSSR count). The zero-order chi connectivity index (χ0) is 20.8. The van der Waals surface area contributed by atoms with E-state index in [4.69, 9.17) is 27.9 Å². The van der Waals surface area contributed by atoms with Crippen LogP contribution in [0.4, 0.5) is 0 Å². The van der Waals surface area contributed by atoms with Crippen LogP contribution in [0.25, 0.3) is 0 Å². The van der Waals surface area contributed by atoms with Gasteiger partial charge in [0, 0.05) is 15.6 Å². The van der Waals surface area contributed by atoms with Crippen LogP contribution < -0.4 is 10.2 Å². The van der Waals surface area contributed by atoms with Gasteiger partial charge < -0.3 is 14.9 Å².